The molecule has 2 aromatic carbocycles. The van der Waals surface area contributed by atoms with Crippen molar-refractivity contribution in [3.63, 3.8) is 0 Å². The van der Waals surface area contributed by atoms with Crippen LogP contribution in [0.3, 0.4) is 0 Å². The first-order valence-electron chi connectivity index (χ1n) is 21.9. The van der Waals surface area contributed by atoms with Gasteiger partial charge in [-0.15, -0.1) is 0 Å². The van der Waals surface area contributed by atoms with E-state index >= 15 is 0 Å². The van der Waals surface area contributed by atoms with E-state index in [0.29, 0.717) is 47.0 Å². The van der Waals surface area contributed by atoms with E-state index in [2.05, 4.69) is 124 Å². The quantitative estimate of drug-likeness (QED) is 0.0530. The molecule has 16 nitrogen and oxygen atoms in total. The monoisotopic (exact) mass is 952 g/mol. The highest BCUT2D eigenvalue weighted by Gasteiger charge is 2.14. The van der Waals surface area contributed by atoms with Crippen molar-refractivity contribution < 1.29 is 8.78 Å². The highest BCUT2D eigenvalue weighted by atomic mass is 32.1. The van der Waals surface area contributed by atoms with E-state index < -0.39 is 0 Å². The maximum absolute atomic E-state index is 13.8. The largest absolute Gasteiger partial charge is 0.362 e. The number of aromatic nitrogens is 12. The molecule has 0 atom stereocenters. The van der Waals surface area contributed by atoms with Crippen LogP contribution in [0.5, 0.6) is 0 Å². The number of hydrogen-bond donors (Lipinski definition) is 6. The van der Waals surface area contributed by atoms with Crippen LogP contribution >= 0.6 is 22.7 Å². The molecule has 0 spiro atoms. The van der Waals surface area contributed by atoms with Crippen LogP contribution in [-0.2, 0) is 32.4 Å². The van der Waals surface area contributed by atoms with Gasteiger partial charge in [0.25, 0.3) is 0 Å². The van der Waals surface area contributed by atoms with Crippen molar-refractivity contribution in [2.24, 2.45) is 5.73 Å². The number of aromatic amines is 2. The molecule has 0 aliphatic rings. The molecule has 0 saturated carbocycles. The molecule has 68 heavy (non-hydrogen) atoms. The van der Waals surface area contributed by atoms with Crippen molar-refractivity contribution in [2.45, 2.75) is 60.0 Å². The molecule has 0 saturated heterocycles. The van der Waals surface area contributed by atoms with Gasteiger partial charge in [0, 0.05) is 44.7 Å². The topological polar surface area (TPSA) is 223 Å². The molecule has 0 unspecified atom stereocenters. The molecular weight excluding hydrogens is 903 g/mol. The Labute approximate surface area is 398 Å². The van der Waals surface area contributed by atoms with Gasteiger partial charge in [-0.25, -0.2) is 48.7 Å². The average molecular weight is 953 g/mol. The number of thiazole rings is 2. The van der Waals surface area contributed by atoms with Gasteiger partial charge in [-0.05, 0) is 111 Å². The fraction of sp³-hybridized carbons (Fsp3) is 0.250. The van der Waals surface area contributed by atoms with Gasteiger partial charge in [0.05, 0.1) is 56.6 Å². The molecule has 0 aliphatic carbocycles. The second kappa shape index (κ2) is 22.0. The third-order valence-electron chi connectivity index (χ3n) is 10.9. The summed E-state index contributed by atoms with van der Waals surface area (Å²) in [5.41, 5.74) is 16.9. The Balaban J connectivity index is 0.000000155. The number of imidazole rings is 2. The van der Waals surface area contributed by atoms with E-state index in [1.54, 1.807) is 41.9 Å². The van der Waals surface area contributed by atoms with Crippen molar-refractivity contribution in [2.75, 3.05) is 30.3 Å². The number of aryl methyl sites for hydroxylation is 4. The Bertz CT molecular complexity index is 3250. The van der Waals surface area contributed by atoms with Gasteiger partial charge in [-0.2, -0.15) is 0 Å². The van der Waals surface area contributed by atoms with Crippen LogP contribution in [0.25, 0.3) is 48.8 Å². The van der Waals surface area contributed by atoms with Crippen LogP contribution in [0.4, 0.5) is 20.4 Å². The number of nitrogens with zero attached hydrogens (tertiary/aromatic N) is 10. The zero-order valence-corrected chi connectivity index (χ0v) is 39.6. The minimum atomic E-state index is -0.350. The van der Waals surface area contributed by atoms with Crippen LogP contribution < -0.4 is 21.7 Å². The van der Waals surface area contributed by atoms with Gasteiger partial charge < -0.3 is 31.7 Å². The molecule has 20 heteroatoms. The van der Waals surface area contributed by atoms with Crippen LogP contribution in [0.15, 0.2) is 80.2 Å². The molecule has 0 fully saturated rings. The van der Waals surface area contributed by atoms with Gasteiger partial charge in [-0.3, -0.25) is 9.97 Å². The predicted molar refractivity (Wildman–Crippen MR) is 268 cm³/mol. The molecule has 10 aromatic rings. The molecule has 0 bridgehead atoms. The van der Waals surface area contributed by atoms with Crippen LogP contribution in [-0.4, -0.2) is 79.4 Å². The zero-order valence-electron chi connectivity index (χ0n) is 38.0. The Hall–Kier alpha value is -7.26. The van der Waals surface area contributed by atoms with Gasteiger partial charge >= 0.3 is 0 Å². The Kier molecular flexibility index (Phi) is 15.3. The van der Waals surface area contributed by atoms with Crippen LogP contribution in [0, 0.1) is 39.3 Å². The maximum Gasteiger partial charge on any atom is 0.157 e. The fourth-order valence-corrected chi connectivity index (χ4v) is 8.80. The molecule has 7 N–H and O–H groups in total. The normalized spacial score (nSPS) is 11.2. The number of nitrogens with two attached hydrogens (primary N) is 1. The lowest BCUT2D eigenvalue weighted by Crippen LogP contribution is -2.20. The Morgan fingerprint density at radius 1 is 0.632 bits per heavy atom. The van der Waals surface area contributed by atoms with Crippen molar-refractivity contribution in [3.05, 3.63) is 147 Å². The summed E-state index contributed by atoms with van der Waals surface area (Å²) in [4.78, 5) is 51.5. The first-order valence-corrected chi connectivity index (χ1v) is 23.5. The number of rotatable bonds is 15. The number of hydrogen-bond acceptors (Lipinski definition) is 16. The smallest absolute Gasteiger partial charge is 0.157 e. The SMILES string of the molecule is C=Cc1nc2cc(C)c(C)cc2[nH]1.Cc1cc2nc(CCNCCc3nc4c(NCc5ncccc5F)ncnc4s3)[nH]c2cc1C.NCCc1nc2c(NCc3ncccc3F)ncnc2s1. The second-order valence-electron chi connectivity index (χ2n) is 15.7. The Morgan fingerprint density at radius 3 is 1.69 bits per heavy atom. The van der Waals surface area contributed by atoms with Crippen LogP contribution in [0.1, 0.15) is 55.3 Å². The minimum Gasteiger partial charge on any atom is -0.362 e. The summed E-state index contributed by atoms with van der Waals surface area (Å²) >= 11 is 3.03. The van der Waals surface area contributed by atoms with E-state index in [9.17, 15) is 8.78 Å². The number of fused-ring (bicyclic) bond motifs is 4. The van der Waals surface area contributed by atoms with Gasteiger partial charge in [0.15, 0.2) is 11.6 Å². The number of anilines is 2. The first-order chi connectivity index (χ1) is 33.0. The number of pyridine rings is 2. The van der Waals surface area contributed by atoms with Crippen molar-refractivity contribution >= 4 is 83.1 Å². The summed E-state index contributed by atoms with van der Waals surface area (Å²) < 4.78 is 27.4. The molecule has 348 valence electrons. The average Bonchev–Trinajstić information content (AvgIpc) is 4.14. The number of halogens is 2. The summed E-state index contributed by atoms with van der Waals surface area (Å²) in [6.07, 6.45) is 10.1. The summed E-state index contributed by atoms with van der Waals surface area (Å²) in [5, 5.41) is 11.6. The number of nitrogens with one attached hydrogen (secondary N) is 5. The lowest BCUT2D eigenvalue weighted by Gasteiger charge is -2.05. The first kappa shape index (κ1) is 47.2. The molecule has 8 heterocycles. The molecule has 0 radical (unpaired) electrons. The van der Waals surface area contributed by atoms with E-state index in [1.807, 2.05) is 0 Å². The van der Waals surface area contributed by atoms with Crippen molar-refractivity contribution in [3.8, 4) is 0 Å². The van der Waals surface area contributed by atoms with Gasteiger partial charge in [0.2, 0.25) is 0 Å². The molecule has 8 aromatic heterocycles. The van der Waals surface area contributed by atoms with Crippen molar-refractivity contribution in [1.82, 2.24) is 65.1 Å². The van der Waals surface area contributed by atoms with E-state index in [4.69, 9.17) is 15.7 Å². The van der Waals surface area contributed by atoms with E-state index in [-0.39, 0.29) is 24.7 Å². The van der Waals surface area contributed by atoms with E-state index in [0.717, 1.165) is 79.3 Å². The summed E-state index contributed by atoms with van der Waals surface area (Å²) in [6, 6.07) is 14.4. The molecule has 10 rings (SSSR count). The molecule has 0 amide bonds. The third-order valence-corrected chi connectivity index (χ3v) is 12.9. The summed E-state index contributed by atoms with van der Waals surface area (Å²) in [5.74, 6) is 2.28. The maximum atomic E-state index is 13.8. The highest BCUT2D eigenvalue weighted by Crippen LogP contribution is 2.27. The molecule has 0 aliphatic heterocycles. The summed E-state index contributed by atoms with van der Waals surface area (Å²) in [7, 11) is 0. The number of benzene rings is 2. The second-order valence-corrected chi connectivity index (χ2v) is 17.9. The number of H-pyrrole nitrogens is 2. The highest BCUT2D eigenvalue weighted by molar-refractivity contribution is 7.18. The standard InChI is InChI=1S/C24H25FN8S.C13H13FN6S.C11H12N2/c1-14-10-17-18(11-15(14)2)32-20(31-17)5-8-26-9-6-21-33-22-23(29-13-30-24(22)34-21)28-12-19-16(25)4-3-7-27-19;14-8-2-1-5-16-9(8)6-17-12-11-13(19-7-18-12)21-10(20-11)3-4-15;1-4-11-12-9-5-7(2)8(3)6-10(9)13-11/h3-4,7,10-11,13,26H,5-6,8-9,12H2,1-2H3,(H,31,32)(H,28,29,30);1-2,5,7H,3-4,6,15H2,(H,17,18,19);4-6H,1H2,2-3H3,(H,12,13). The van der Waals surface area contributed by atoms with E-state index in [1.165, 1.54) is 58.4 Å². The zero-order chi connectivity index (χ0) is 47.6. The lowest BCUT2D eigenvalue weighted by molar-refractivity contribution is 0.602. The van der Waals surface area contributed by atoms with Gasteiger partial charge in [-0.1, -0.05) is 29.3 Å². The fourth-order valence-electron chi connectivity index (χ4n) is 6.98. The third kappa shape index (κ3) is 11.6. The summed E-state index contributed by atoms with van der Waals surface area (Å²) in [6.45, 7) is 14.7. The predicted octanol–water partition coefficient (Wildman–Crippen LogP) is 8.66. The van der Waals surface area contributed by atoms with Crippen molar-refractivity contribution in [1.29, 1.82) is 0 Å². The molecular formula is C48H50F2N16S2. The van der Waals surface area contributed by atoms with Crippen LogP contribution in [0.2, 0.25) is 0 Å². The minimum absolute atomic E-state index is 0.230. The lowest BCUT2D eigenvalue weighted by atomic mass is 10.1. The van der Waals surface area contributed by atoms with Gasteiger partial charge in [0.1, 0.15) is 56.6 Å². The Morgan fingerprint density at radius 2 is 1.15 bits per heavy atom.